The number of rotatable bonds is 6. The highest BCUT2D eigenvalue weighted by atomic mass is 16.5. The monoisotopic (exact) mass is 297 g/mol. The molecule has 0 spiro atoms. The van der Waals surface area contributed by atoms with Crippen molar-refractivity contribution >= 4 is 5.97 Å². The minimum Gasteiger partial charge on any atom is -0.459 e. The van der Waals surface area contributed by atoms with Gasteiger partial charge in [-0.15, -0.1) is 0 Å². The number of benzene rings is 1. The van der Waals surface area contributed by atoms with Crippen molar-refractivity contribution in [2.24, 2.45) is 5.92 Å². The Balaban J connectivity index is 1.92. The number of esters is 1. The van der Waals surface area contributed by atoms with Gasteiger partial charge in [-0.3, -0.25) is 9.78 Å². The van der Waals surface area contributed by atoms with Crippen LogP contribution in [-0.4, -0.2) is 11.0 Å². The lowest BCUT2D eigenvalue weighted by Crippen LogP contribution is -2.13. The molecule has 0 aliphatic carbocycles. The number of ether oxygens (including phenoxy) is 1. The highest BCUT2D eigenvalue weighted by Crippen LogP contribution is 2.19. The van der Waals surface area contributed by atoms with E-state index in [1.165, 1.54) is 5.56 Å². The van der Waals surface area contributed by atoms with Crippen LogP contribution in [0.4, 0.5) is 0 Å². The standard InChI is InChI=1S/C19H23NO2/c1-14(2)12-16-7-9-17(10-8-16)15(3)19(21)22-13-18-6-4-5-11-20-18/h4-11,14-15H,12-13H2,1-3H3. The largest absolute Gasteiger partial charge is 0.459 e. The predicted molar refractivity (Wildman–Crippen MR) is 87.4 cm³/mol. The van der Waals surface area contributed by atoms with Crippen LogP contribution in [0.25, 0.3) is 0 Å². The first-order valence-corrected chi connectivity index (χ1v) is 7.71. The second-order valence-electron chi connectivity index (χ2n) is 5.99. The molecule has 1 aromatic heterocycles. The van der Waals surface area contributed by atoms with Crippen LogP contribution < -0.4 is 0 Å². The van der Waals surface area contributed by atoms with Crippen molar-refractivity contribution in [3.63, 3.8) is 0 Å². The molecule has 2 rings (SSSR count). The quantitative estimate of drug-likeness (QED) is 0.753. The second-order valence-corrected chi connectivity index (χ2v) is 5.99. The first-order chi connectivity index (χ1) is 10.6. The molecule has 0 saturated carbocycles. The summed E-state index contributed by atoms with van der Waals surface area (Å²) in [6.45, 7) is 6.49. The van der Waals surface area contributed by atoms with Gasteiger partial charge in [-0.25, -0.2) is 0 Å². The molecule has 0 aliphatic rings. The fourth-order valence-corrected chi connectivity index (χ4v) is 2.30. The molecule has 0 N–H and O–H groups in total. The highest BCUT2D eigenvalue weighted by molar-refractivity contribution is 5.77. The zero-order chi connectivity index (χ0) is 15.9. The summed E-state index contributed by atoms with van der Waals surface area (Å²) in [5.74, 6) is 0.144. The molecule has 1 heterocycles. The molecule has 0 saturated heterocycles. The maximum atomic E-state index is 12.1. The van der Waals surface area contributed by atoms with Gasteiger partial charge in [-0.05, 0) is 42.5 Å². The Bertz CT molecular complexity index is 591. The molecule has 3 heteroatoms. The molecular weight excluding hydrogens is 274 g/mol. The summed E-state index contributed by atoms with van der Waals surface area (Å²) in [7, 11) is 0. The van der Waals surface area contributed by atoms with E-state index in [0.717, 1.165) is 17.7 Å². The van der Waals surface area contributed by atoms with Crippen molar-refractivity contribution in [3.8, 4) is 0 Å². The van der Waals surface area contributed by atoms with Gasteiger partial charge in [0, 0.05) is 6.20 Å². The van der Waals surface area contributed by atoms with Gasteiger partial charge in [-0.2, -0.15) is 0 Å². The summed E-state index contributed by atoms with van der Waals surface area (Å²) >= 11 is 0. The van der Waals surface area contributed by atoms with Crippen molar-refractivity contribution in [2.75, 3.05) is 0 Å². The van der Waals surface area contributed by atoms with Crippen LogP contribution in [0.1, 0.15) is 43.5 Å². The SMILES string of the molecule is CC(C)Cc1ccc(C(C)C(=O)OCc2ccccn2)cc1. The van der Waals surface area contributed by atoms with E-state index in [4.69, 9.17) is 4.74 Å². The Kier molecular flexibility index (Phi) is 5.70. The van der Waals surface area contributed by atoms with Crippen LogP contribution in [0, 0.1) is 5.92 Å². The van der Waals surface area contributed by atoms with Gasteiger partial charge in [0.1, 0.15) is 6.61 Å². The minimum absolute atomic E-state index is 0.218. The maximum absolute atomic E-state index is 12.1. The van der Waals surface area contributed by atoms with E-state index in [9.17, 15) is 4.79 Å². The Labute approximate surface area is 132 Å². The Hall–Kier alpha value is -2.16. The Morgan fingerprint density at radius 3 is 2.41 bits per heavy atom. The lowest BCUT2D eigenvalue weighted by Gasteiger charge is -2.13. The van der Waals surface area contributed by atoms with Gasteiger partial charge in [0.25, 0.3) is 0 Å². The van der Waals surface area contributed by atoms with E-state index in [0.29, 0.717) is 5.92 Å². The topological polar surface area (TPSA) is 39.2 Å². The average Bonchev–Trinajstić information content (AvgIpc) is 2.53. The maximum Gasteiger partial charge on any atom is 0.313 e. The smallest absolute Gasteiger partial charge is 0.313 e. The molecule has 0 bridgehead atoms. The summed E-state index contributed by atoms with van der Waals surface area (Å²) in [5.41, 5.74) is 3.04. The molecule has 1 aromatic carbocycles. The van der Waals surface area contributed by atoms with Crippen molar-refractivity contribution in [1.29, 1.82) is 0 Å². The number of aromatic nitrogens is 1. The normalized spacial score (nSPS) is 12.2. The molecule has 1 atom stereocenters. The first-order valence-electron chi connectivity index (χ1n) is 7.71. The summed E-state index contributed by atoms with van der Waals surface area (Å²) in [5, 5.41) is 0. The molecule has 0 aliphatic heterocycles. The van der Waals surface area contributed by atoms with Crippen molar-refractivity contribution < 1.29 is 9.53 Å². The summed E-state index contributed by atoms with van der Waals surface area (Å²) in [6.07, 6.45) is 2.75. The van der Waals surface area contributed by atoms with Gasteiger partial charge in [0.2, 0.25) is 0 Å². The number of carbonyl (C=O) groups is 1. The first kappa shape index (κ1) is 16.2. The molecule has 22 heavy (non-hydrogen) atoms. The van der Waals surface area contributed by atoms with E-state index in [1.54, 1.807) is 6.20 Å². The number of carbonyl (C=O) groups excluding carboxylic acids is 1. The zero-order valence-corrected chi connectivity index (χ0v) is 13.5. The van der Waals surface area contributed by atoms with Crippen molar-refractivity contribution in [1.82, 2.24) is 4.98 Å². The molecule has 0 amide bonds. The van der Waals surface area contributed by atoms with Crippen LogP contribution in [0.5, 0.6) is 0 Å². The van der Waals surface area contributed by atoms with Gasteiger partial charge in [0.05, 0.1) is 11.6 Å². The zero-order valence-electron chi connectivity index (χ0n) is 13.5. The predicted octanol–water partition coefficient (Wildman–Crippen LogP) is 4.13. The fourth-order valence-electron chi connectivity index (χ4n) is 2.30. The highest BCUT2D eigenvalue weighted by Gasteiger charge is 2.17. The van der Waals surface area contributed by atoms with Gasteiger partial charge < -0.3 is 4.74 Å². The van der Waals surface area contributed by atoms with E-state index >= 15 is 0 Å². The van der Waals surface area contributed by atoms with E-state index < -0.39 is 0 Å². The van der Waals surface area contributed by atoms with E-state index in [1.807, 2.05) is 37.3 Å². The van der Waals surface area contributed by atoms with Crippen LogP contribution in [-0.2, 0) is 22.6 Å². The van der Waals surface area contributed by atoms with E-state index in [-0.39, 0.29) is 18.5 Å². The third-order valence-corrected chi connectivity index (χ3v) is 3.57. The Morgan fingerprint density at radius 1 is 1.09 bits per heavy atom. The molecule has 0 radical (unpaired) electrons. The second kappa shape index (κ2) is 7.74. The molecule has 2 aromatic rings. The summed E-state index contributed by atoms with van der Waals surface area (Å²) in [4.78, 5) is 16.3. The molecule has 3 nitrogen and oxygen atoms in total. The van der Waals surface area contributed by atoms with Crippen LogP contribution >= 0.6 is 0 Å². The summed E-state index contributed by atoms with van der Waals surface area (Å²) < 4.78 is 5.34. The molecular formula is C19H23NO2. The minimum atomic E-state index is -0.267. The Morgan fingerprint density at radius 2 is 1.82 bits per heavy atom. The third-order valence-electron chi connectivity index (χ3n) is 3.57. The fraction of sp³-hybridized carbons (Fsp3) is 0.368. The molecule has 1 unspecified atom stereocenters. The molecule has 0 fully saturated rings. The summed E-state index contributed by atoms with van der Waals surface area (Å²) in [6, 6.07) is 13.8. The number of hydrogen-bond acceptors (Lipinski definition) is 3. The number of pyridine rings is 1. The van der Waals surface area contributed by atoms with Crippen molar-refractivity contribution in [2.45, 2.75) is 39.7 Å². The van der Waals surface area contributed by atoms with Gasteiger partial charge in [-0.1, -0.05) is 44.2 Å². The van der Waals surface area contributed by atoms with Gasteiger partial charge >= 0.3 is 5.97 Å². The van der Waals surface area contributed by atoms with Gasteiger partial charge in [0.15, 0.2) is 0 Å². The third kappa shape index (κ3) is 4.69. The van der Waals surface area contributed by atoms with Crippen LogP contribution in [0.3, 0.4) is 0 Å². The van der Waals surface area contributed by atoms with Crippen molar-refractivity contribution in [3.05, 3.63) is 65.5 Å². The van der Waals surface area contributed by atoms with Crippen LogP contribution in [0.2, 0.25) is 0 Å². The lowest BCUT2D eigenvalue weighted by molar-refractivity contribution is -0.146. The number of hydrogen-bond donors (Lipinski definition) is 0. The van der Waals surface area contributed by atoms with Crippen LogP contribution in [0.15, 0.2) is 48.7 Å². The lowest BCUT2D eigenvalue weighted by atomic mass is 9.97. The van der Waals surface area contributed by atoms with E-state index in [2.05, 4.69) is 31.0 Å². The number of nitrogens with zero attached hydrogens (tertiary/aromatic N) is 1. The average molecular weight is 297 g/mol. The molecule has 116 valence electrons.